The molecule has 0 saturated carbocycles. The van der Waals surface area contributed by atoms with Crippen LogP contribution in [0.2, 0.25) is 0 Å². The SMILES string of the molecule is CCCS(=O)(=O)Nc1cccc(C(=O)N2CCC(CN)C2)c1.Cl. The van der Waals surface area contributed by atoms with Crippen LogP contribution in [0.5, 0.6) is 0 Å². The van der Waals surface area contributed by atoms with Crippen LogP contribution in [0.3, 0.4) is 0 Å². The molecule has 1 fully saturated rings. The summed E-state index contributed by atoms with van der Waals surface area (Å²) in [6.07, 6.45) is 1.47. The minimum absolute atomic E-state index is 0. The number of hydrogen-bond acceptors (Lipinski definition) is 4. The van der Waals surface area contributed by atoms with Gasteiger partial charge in [0.25, 0.3) is 5.91 Å². The molecule has 23 heavy (non-hydrogen) atoms. The van der Waals surface area contributed by atoms with E-state index in [1.807, 2.05) is 0 Å². The lowest BCUT2D eigenvalue weighted by atomic mass is 10.1. The summed E-state index contributed by atoms with van der Waals surface area (Å²) < 4.78 is 26.1. The number of sulfonamides is 1. The zero-order valence-corrected chi connectivity index (χ0v) is 14.8. The average molecular weight is 362 g/mol. The standard InChI is InChI=1S/C15H23N3O3S.ClH/c1-2-8-22(20,21)17-14-5-3-4-13(9-14)15(19)18-7-6-12(10-16)11-18;/h3-5,9,12,17H,2,6-8,10-11,16H2,1H3;1H. The number of carbonyl (C=O) groups excluding carboxylic acids is 1. The van der Waals surface area contributed by atoms with Gasteiger partial charge in [-0.05, 0) is 43.5 Å². The smallest absolute Gasteiger partial charge is 0.253 e. The van der Waals surface area contributed by atoms with Gasteiger partial charge < -0.3 is 10.6 Å². The predicted molar refractivity (Wildman–Crippen MR) is 94.5 cm³/mol. The van der Waals surface area contributed by atoms with E-state index in [1.54, 1.807) is 36.1 Å². The van der Waals surface area contributed by atoms with Crippen molar-refractivity contribution in [3.8, 4) is 0 Å². The zero-order chi connectivity index (χ0) is 16.2. The number of carbonyl (C=O) groups is 1. The van der Waals surface area contributed by atoms with Crippen LogP contribution < -0.4 is 10.5 Å². The van der Waals surface area contributed by atoms with E-state index in [0.717, 1.165) is 6.42 Å². The fourth-order valence-electron chi connectivity index (χ4n) is 2.61. The Morgan fingerprint density at radius 3 is 2.78 bits per heavy atom. The van der Waals surface area contributed by atoms with Crippen molar-refractivity contribution in [1.29, 1.82) is 0 Å². The van der Waals surface area contributed by atoms with Gasteiger partial charge in [0.05, 0.1) is 5.75 Å². The third-order valence-corrected chi connectivity index (χ3v) is 5.25. The Balaban J connectivity index is 0.00000264. The maximum atomic E-state index is 12.5. The summed E-state index contributed by atoms with van der Waals surface area (Å²) in [5.41, 5.74) is 6.56. The summed E-state index contributed by atoms with van der Waals surface area (Å²) in [6, 6.07) is 6.63. The fraction of sp³-hybridized carbons (Fsp3) is 0.533. The number of halogens is 1. The van der Waals surface area contributed by atoms with Gasteiger partial charge in [0.15, 0.2) is 0 Å². The highest BCUT2D eigenvalue weighted by molar-refractivity contribution is 7.92. The molecule has 8 heteroatoms. The molecule has 130 valence electrons. The van der Waals surface area contributed by atoms with E-state index in [-0.39, 0.29) is 24.1 Å². The first-order chi connectivity index (χ1) is 10.4. The minimum Gasteiger partial charge on any atom is -0.338 e. The maximum absolute atomic E-state index is 12.5. The van der Waals surface area contributed by atoms with Gasteiger partial charge >= 0.3 is 0 Å². The molecule has 1 unspecified atom stereocenters. The summed E-state index contributed by atoms with van der Waals surface area (Å²) in [5.74, 6) is 0.345. The normalized spacial score (nSPS) is 17.7. The molecular formula is C15H24ClN3O3S. The zero-order valence-electron chi connectivity index (χ0n) is 13.2. The molecule has 0 spiro atoms. The van der Waals surface area contributed by atoms with E-state index in [9.17, 15) is 13.2 Å². The molecule has 1 saturated heterocycles. The highest BCUT2D eigenvalue weighted by Gasteiger charge is 2.26. The number of nitrogens with two attached hydrogens (primary N) is 1. The van der Waals surface area contributed by atoms with Crippen molar-refractivity contribution in [3.05, 3.63) is 29.8 Å². The molecule has 0 radical (unpaired) electrons. The second kappa shape index (κ2) is 8.52. The van der Waals surface area contributed by atoms with Crippen molar-refractivity contribution in [2.45, 2.75) is 19.8 Å². The fourth-order valence-corrected chi connectivity index (χ4v) is 3.73. The van der Waals surface area contributed by atoms with Gasteiger partial charge in [0, 0.05) is 24.3 Å². The number of rotatable bonds is 6. The quantitative estimate of drug-likeness (QED) is 0.806. The first-order valence-electron chi connectivity index (χ1n) is 7.55. The van der Waals surface area contributed by atoms with Gasteiger partial charge in [-0.3, -0.25) is 9.52 Å². The molecule has 3 N–H and O–H groups in total. The third-order valence-electron chi connectivity index (χ3n) is 3.76. The Morgan fingerprint density at radius 1 is 1.43 bits per heavy atom. The van der Waals surface area contributed by atoms with E-state index in [4.69, 9.17) is 5.73 Å². The number of anilines is 1. The van der Waals surface area contributed by atoms with Crippen LogP contribution in [0.1, 0.15) is 30.1 Å². The summed E-state index contributed by atoms with van der Waals surface area (Å²) in [6.45, 7) is 3.76. The van der Waals surface area contributed by atoms with Crippen LogP contribution >= 0.6 is 12.4 Å². The number of nitrogens with one attached hydrogen (secondary N) is 1. The molecule has 2 rings (SSSR count). The van der Waals surface area contributed by atoms with Crippen LogP contribution in [-0.2, 0) is 10.0 Å². The molecule has 1 aromatic rings. The van der Waals surface area contributed by atoms with E-state index >= 15 is 0 Å². The number of hydrogen-bond donors (Lipinski definition) is 2. The van der Waals surface area contributed by atoms with Crippen molar-refractivity contribution in [2.24, 2.45) is 11.7 Å². The first kappa shape index (κ1) is 19.7. The van der Waals surface area contributed by atoms with Gasteiger partial charge in [0.2, 0.25) is 10.0 Å². The Bertz CT molecular complexity index is 637. The van der Waals surface area contributed by atoms with Crippen LogP contribution in [0.4, 0.5) is 5.69 Å². The maximum Gasteiger partial charge on any atom is 0.253 e. The topological polar surface area (TPSA) is 92.5 Å². The number of benzene rings is 1. The van der Waals surface area contributed by atoms with Gasteiger partial charge in [-0.25, -0.2) is 8.42 Å². The van der Waals surface area contributed by atoms with Crippen LogP contribution in [0.25, 0.3) is 0 Å². The molecule has 1 aromatic carbocycles. The average Bonchev–Trinajstić information content (AvgIpc) is 2.95. The van der Waals surface area contributed by atoms with E-state index in [0.29, 0.717) is 43.2 Å². The Hall–Kier alpha value is -1.31. The largest absolute Gasteiger partial charge is 0.338 e. The summed E-state index contributed by atoms with van der Waals surface area (Å²) in [5, 5.41) is 0. The van der Waals surface area contributed by atoms with Crippen LogP contribution in [-0.4, -0.2) is 44.6 Å². The third kappa shape index (κ3) is 5.37. The second-order valence-electron chi connectivity index (χ2n) is 5.64. The second-order valence-corrected chi connectivity index (χ2v) is 7.49. The lowest BCUT2D eigenvalue weighted by molar-refractivity contribution is 0.0787. The molecule has 0 aromatic heterocycles. The number of nitrogens with zero attached hydrogens (tertiary/aromatic N) is 1. The van der Waals surface area contributed by atoms with Crippen molar-refractivity contribution in [3.63, 3.8) is 0 Å². The first-order valence-corrected chi connectivity index (χ1v) is 9.20. The van der Waals surface area contributed by atoms with Crippen molar-refractivity contribution in [1.82, 2.24) is 4.90 Å². The predicted octanol–water partition coefficient (Wildman–Crippen LogP) is 1.68. The van der Waals surface area contributed by atoms with E-state index in [1.165, 1.54) is 0 Å². The van der Waals surface area contributed by atoms with Crippen LogP contribution in [0, 0.1) is 5.92 Å². The Kier molecular flexibility index (Phi) is 7.31. The van der Waals surface area contributed by atoms with E-state index in [2.05, 4.69) is 4.72 Å². The molecule has 1 amide bonds. The molecule has 0 bridgehead atoms. The highest BCUT2D eigenvalue weighted by atomic mass is 35.5. The minimum atomic E-state index is -3.35. The Labute approximate surface area is 143 Å². The Morgan fingerprint density at radius 2 is 2.17 bits per heavy atom. The highest BCUT2D eigenvalue weighted by Crippen LogP contribution is 2.20. The summed E-state index contributed by atoms with van der Waals surface area (Å²) in [4.78, 5) is 14.2. The van der Waals surface area contributed by atoms with Crippen molar-refractivity contribution >= 4 is 34.0 Å². The molecule has 0 aliphatic carbocycles. The molecule has 1 aliphatic rings. The van der Waals surface area contributed by atoms with Crippen LogP contribution in [0.15, 0.2) is 24.3 Å². The molecule has 6 nitrogen and oxygen atoms in total. The van der Waals surface area contributed by atoms with Gasteiger partial charge in [-0.15, -0.1) is 12.4 Å². The molecule has 1 atom stereocenters. The molecule has 1 heterocycles. The number of likely N-dealkylation sites (tertiary alicyclic amines) is 1. The van der Waals surface area contributed by atoms with E-state index < -0.39 is 10.0 Å². The molecular weight excluding hydrogens is 338 g/mol. The lowest BCUT2D eigenvalue weighted by Gasteiger charge is -2.17. The number of amides is 1. The monoisotopic (exact) mass is 361 g/mol. The summed E-state index contributed by atoms with van der Waals surface area (Å²) in [7, 11) is -3.35. The summed E-state index contributed by atoms with van der Waals surface area (Å²) >= 11 is 0. The van der Waals surface area contributed by atoms with Crippen molar-refractivity contribution < 1.29 is 13.2 Å². The van der Waals surface area contributed by atoms with Gasteiger partial charge in [0.1, 0.15) is 0 Å². The molecule has 1 aliphatic heterocycles. The van der Waals surface area contributed by atoms with Crippen molar-refractivity contribution in [2.75, 3.05) is 30.1 Å². The van der Waals surface area contributed by atoms with Gasteiger partial charge in [-0.1, -0.05) is 13.0 Å². The van der Waals surface area contributed by atoms with Gasteiger partial charge in [-0.2, -0.15) is 0 Å². The lowest BCUT2D eigenvalue weighted by Crippen LogP contribution is -2.30.